The number of carbonyl (C=O) groups excluding carboxylic acids is 2. The highest BCUT2D eigenvalue weighted by molar-refractivity contribution is 7.92. The van der Waals surface area contributed by atoms with Gasteiger partial charge in [-0.15, -0.1) is 0 Å². The highest BCUT2D eigenvalue weighted by atomic mass is 35.5. The van der Waals surface area contributed by atoms with Gasteiger partial charge in [0.05, 0.1) is 10.6 Å². The second-order valence-corrected chi connectivity index (χ2v) is 8.79. The Labute approximate surface area is 180 Å². The zero-order valence-corrected chi connectivity index (χ0v) is 17.7. The van der Waals surface area contributed by atoms with Crippen LogP contribution in [-0.2, 0) is 14.8 Å². The van der Waals surface area contributed by atoms with Crippen molar-refractivity contribution >= 4 is 44.7 Å². The third kappa shape index (κ3) is 5.06. The summed E-state index contributed by atoms with van der Waals surface area (Å²) in [5.41, 5.74) is 1.15. The SMILES string of the molecule is CC(=O)c1cccc(NC(=O)CN(c2ccc(Cl)cc2)S(=O)(=O)c2ccccc2)c1. The standard InChI is InChI=1S/C22H19ClN2O4S/c1-16(26)17-6-5-7-19(14-17)24-22(27)15-25(20-12-10-18(23)11-13-20)30(28,29)21-8-3-2-4-9-21/h2-14H,15H2,1H3,(H,24,27). The molecule has 0 aliphatic rings. The Morgan fingerprint density at radius 1 is 0.933 bits per heavy atom. The van der Waals surface area contributed by atoms with Crippen molar-refractivity contribution in [3.8, 4) is 0 Å². The first kappa shape index (κ1) is 21.5. The Kier molecular flexibility index (Phi) is 6.54. The Bertz CT molecular complexity index is 1160. The topological polar surface area (TPSA) is 83.6 Å². The van der Waals surface area contributed by atoms with E-state index < -0.39 is 22.5 Å². The van der Waals surface area contributed by atoms with Gasteiger partial charge in [0, 0.05) is 16.3 Å². The van der Waals surface area contributed by atoms with Gasteiger partial charge in [-0.2, -0.15) is 0 Å². The fraction of sp³-hybridized carbons (Fsp3) is 0.0909. The number of Topliss-reactive ketones (excluding diaryl/α,β-unsaturated/α-hetero) is 1. The van der Waals surface area contributed by atoms with Crippen LogP contribution >= 0.6 is 11.6 Å². The molecule has 0 heterocycles. The first-order valence-corrected chi connectivity index (χ1v) is 10.8. The van der Waals surface area contributed by atoms with E-state index in [1.807, 2.05) is 0 Å². The average Bonchev–Trinajstić information content (AvgIpc) is 2.73. The van der Waals surface area contributed by atoms with Crippen molar-refractivity contribution in [2.24, 2.45) is 0 Å². The van der Waals surface area contributed by atoms with E-state index in [0.29, 0.717) is 22.0 Å². The first-order valence-electron chi connectivity index (χ1n) is 9.01. The van der Waals surface area contributed by atoms with Gasteiger partial charge in [0.2, 0.25) is 5.91 Å². The van der Waals surface area contributed by atoms with Crippen LogP contribution in [-0.4, -0.2) is 26.7 Å². The summed E-state index contributed by atoms with van der Waals surface area (Å²) in [6.07, 6.45) is 0. The number of nitrogens with one attached hydrogen (secondary N) is 1. The maximum Gasteiger partial charge on any atom is 0.264 e. The van der Waals surface area contributed by atoms with Gasteiger partial charge in [-0.25, -0.2) is 8.42 Å². The molecule has 8 heteroatoms. The lowest BCUT2D eigenvalue weighted by molar-refractivity contribution is -0.114. The number of hydrogen-bond donors (Lipinski definition) is 1. The van der Waals surface area contributed by atoms with Gasteiger partial charge >= 0.3 is 0 Å². The Morgan fingerprint density at radius 2 is 1.60 bits per heavy atom. The molecule has 0 unspecified atom stereocenters. The normalized spacial score (nSPS) is 11.0. The highest BCUT2D eigenvalue weighted by Crippen LogP contribution is 2.25. The molecule has 0 saturated carbocycles. The van der Waals surface area contributed by atoms with Gasteiger partial charge in [-0.05, 0) is 55.5 Å². The van der Waals surface area contributed by atoms with Gasteiger partial charge in [-0.1, -0.05) is 41.9 Å². The smallest absolute Gasteiger partial charge is 0.264 e. The maximum atomic E-state index is 13.2. The number of benzene rings is 3. The molecule has 0 atom stereocenters. The van der Waals surface area contributed by atoms with Crippen LogP contribution in [0.5, 0.6) is 0 Å². The summed E-state index contributed by atoms with van der Waals surface area (Å²) in [7, 11) is -4.00. The molecule has 0 aliphatic heterocycles. The van der Waals surface area contributed by atoms with E-state index >= 15 is 0 Å². The summed E-state index contributed by atoms with van der Waals surface area (Å²) in [4.78, 5) is 24.3. The number of halogens is 1. The zero-order chi connectivity index (χ0) is 21.7. The molecule has 30 heavy (non-hydrogen) atoms. The van der Waals surface area contributed by atoms with E-state index in [2.05, 4.69) is 5.32 Å². The molecule has 3 aromatic rings. The van der Waals surface area contributed by atoms with Crippen LogP contribution in [0.1, 0.15) is 17.3 Å². The summed E-state index contributed by atoms with van der Waals surface area (Å²) in [6, 6.07) is 20.5. The predicted molar refractivity (Wildman–Crippen MR) is 118 cm³/mol. The molecule has 0 bridgehead atoms. The molecule has 154 valence electrons. The van der Waals surface area contributed by atoms with Crippen LogP contribution in [0.15, 0.2) is 83.8 Å². The summed E-state index contributed by atoms with van der Waals surface area (Å²) in [5, 5.41) is 3.09. The van der Waals surface area contributed by atoms with Crippen molar-refractivity contribution < 1.29 is 18.0 Å². The third-order valence-corrected chi connectivity index (χ3v) is 6.33. The minimum atomic E-state index is -4.00. The fourth-order valence-electron chi connectivity index (χ4n) is 2.79. The molecule has 0 saturated heterocycles. The number of nitrogens with zero attached hydrogens (tertiary/aromatic N) is 1. The largest absolute Gasteiger partial charge is 0.324 e. The molecule has 0 spiro atoms. The number of amides is 1. The summed E-state index contributed by atoms with van der Waals surface area (Å²) >= 11 is 5.93. The predicted octanol–water partition coefficient (Wildman–Crippen LogP) is 4.38. The molecular formula is C22H19ClN2O4S. The molecule has 3 rings (SSSR count). The molecule has 1 N–H and O–H groups in total. The number of anilines is 2. The van der Waals surface area contributed by atoms with Gasteiger partial charge < -0.3 is 5.32 Å². The lowest BCUT2D eigenvalue weighted by Gasteiger charge is -2.24. The van der Waals surface area contributed by atoms with Crippen LogP contribution in [0, 0.1) is 0 Å². The monoisotopic (exact) mass is 442 g/mol. The van der Waals surface area contributed by atoms with Crippen LogP contribution in [0.3, 0.4) is 0 Å². The van der Waals surface area contributed by atoms with Crippen molar-refractivity contribution in [2.75, 3.05) is 16.2 Å². The lowest BCUT2D eigenvalue weighted by Crippen LogP contribution is -2.38. The highest BCUT2D eigenvalue weighted by Gasteiger charge is 2.27. The van der Waals surface area contributed by atoms with E-state index in [1.54, 1.807) is 54.6 Å². The first-order chi connectivity index (χ1) is 14.3. The van der Waals surface area contributed by atoms with Crippen LogP contribution in [0.2, 0.25) is 5.02 Å². The third-order valence-electron chi connectivity index (χ3n) is 4.29. The minimum Gasteiger partial charge on any atom is -0.324 e. The number of ketones is 1. The summed E-state index contributed by atoms with van der Waals surface area (Å²) in [5.74, 6) is -0.689. The zero-order valence-electron chi connectivity index (χ0n) is 16.1. The minimum absolute atomic E-state index is 0.0614. The summed E-state index contributed by atoms with van der Waals surface area (Å²) < 4.78 is 27.5. The molecule has 0 fully saturated rings. The molecule has 0 aliphatic carbocycles. The maximum absolute atomic E-state index is 13.2. The van der Waals surface area contributed by atoms with Gasteiger partial charge in [0.15, 0.2) is 5.78 Å². The van der Waals surface area contributed by atoms with Crippen molar-refractivity contribution in [2.45, 2.75) is 11.8 Å². The summed E-state index contributed by atoms with van der Waals surface area (Å²) in [6.45, 7) is 0.971. The van der Waals surface area contributed by atoms with E-state index in [4.69, 9.17) is 11.6 Å². The van der Waals surface area contributed by atoms with Crippen LogP contribution < -0.4 is 9.62 Å². The van der Waals surface area contributed by atoms with Crippen molar-refractivity contribution in [1.29, 1.82) is 0 Å². The molecule has 6 nitrogen and oxygen atoms in total. The van der Waals surface area contributed by atoms with Crippen LogP contribution in [0.4, 0.5) is 11.4 Å². The average molecular weight is 443 g/mol. The second kappa shape index (κ2) is 9.11. The molecule has 3 aromatic carbocycles. The van der Waals surface area contributed by atoms with E-state index in [1.165, 1.54) is 31.2 Å². The molecule has 1 amide bonds. The lowest BCUT2D eigenvalue weighted by atomic mass is 10.1. The van der Waals surface area contributed by atoms with Crippen molar-refractivity contribution in [3.63, 3.8) is 0 Å². The number of hydrogen-bond acceptors (Lipinski definition) is 4. The fourth-order valence-corrected chi connectivity index (χ4v) is 4.36. The Morgan fingerprint density at radius 3 is 2.23 bits per heavy atom. The van der Waals surface area contributed by atoms with Crippen LogP contribution in [0.25, 0.3) is 0 Å². The van der Waals surface area contributed by atoms with Crippen molar-refractivity contribution in [3.05, 3.63) is 89.4 Å². The van der Waals surface area contributed by atoms with Gasteiger partial charge in [0.1, 0.15) is 6.54 Å². The van der Waals surface area contributed by atoms with Crippen molar-refractivity contribution in [1.82, 2.24) is 0 Å². The number of sulfonamides is 1. The van der Waals surface area contributed by atoms with E-state index in [0.717, 1.165) is 4.31 Å². The van der Waals surface area contributed by atoms with Gasteiger partial charge in [-0.3, -0.25) is 13.9 Å². The molecular weight excluding hydrogens is 424 g/mol. The van der Waals surface area contributed by atoms with Gasteiger partial charge in [0.25, 0.3) is 10.0 Å². The number of rotatable bonds is 7. The van der Waals surface area contributed by atoms with E-state index in [-0.39, 0.29) is 10.7 Å². The van der Waals surface area contributed by atoms with E-state index in [9.17, 15) is 18.0 Å². The Hall–Kier alpha value is -3.16. The molecule has 0 radical (unpaired) electrons. The second-order valence-electron chi connectivity index (χ2n) is 6.49. The quantitative estimate of drug-likeness (QED) is 0.550. The molecule has 0 aromatic heterocycles. The Balaban J connectivity index is 1.91. The number of carbonyl (C=O) groups is 2.